The van der Waals surface area contributed by atoms with E-state index in [1.165, 1.54) is 0 Å². The summed E-state index contributed by atoms with van der Waals surface area (Å²) < 4.78 is 10.8. The number of hydrogen-bond acceptors (Lipinski definition) is 5. The molecule has 0 amide bonds. The van der Waals surface area contributed by atoms with Crippen molar-refractivity contribution in [3.05, 3.63) is 17.8 Å². The molecule has 5 heteroatoms. The molecule has 1 fully saturated rings. The van der Waals surface area contributed by atoms with E-state index in [0.29, 0.717) is 0 Å². The Bertz CT molecular complexity index is 385. The highest BCUT2D eigenvalue weighted by Gasteiger charge is 2.33. The average molecular weight is 237 g/mol. The molecule has 2 rings (SSSR count). The van der Waals surface area contributed by atoms with Crippen molar-refractivity contribution in [3.8, 4) is 0 Å². The lowest BCUT2D eigenvalue weighted by molar-refractivity contribution is -0.00461. The van der Waals surface area contributed by atoms with Gasteiger partial charge >= 0.3 is 0 Å². The average Bonchev–Trinajstić information content (AvgIpc) is 2.75. The number of nitrogen functional groups attached to an aromatic ring is 1. The summed E-state index contributed by atoms with van der Waals surface area (Å²) >= 11 is 0. The van der Waals surface area contributed by atoms with Gasteiger partial charge in [0.1, 0.15) is 18.0 Å². The van der Waals surface area contributed by atoms with E-state index >= 15 is 0 Å². The number of methoxy groups -OCH3 is 2. The van der Waals surface area contributed by atoms with Gasteiger partial charge in [-0.2, -0.15) is 0 Å². The van der Waals surface area contributed by atoms with Gasteiger partial charge in [-0.05, 0) is 18.6 Å². The first kappa shape index (κ1) is 12.1. The van der Waals surface area contributed by atoms with Gasteiger partial charge in [-0.3, -0.25) is 0 Å². The van der Waals surface area contributed by atoms with Crippen LogP contribution < -0.4 is 10.6 Å². The number of anilines is 2. The molecule has 0 spiro atoms. The fourth-order valence-electron chi connectivity index (χ4n) is 2.11. The summed E-state index contributed by atoms with van der Waals surface area (Å²) in [5.41, 5.74) is 7.53. The van der Waals surface area contributed by atoms with Gasteiger partial charge in [0.15, 0.2) is 0 Å². The van der Waals surface area contributed by atoms with Crippen molar-refractivity contribution in [1.29, 1.82) is 0 Å². The van der Waals surface area contributed by atoms with Crippen LogP contribution in [0.4, 0.5) is 11.5 Å². The molecule has 94 valence electrons. The van der Waals surface area contributed by atoms with Gasteiger partial charge in [0.05, 0.1) is 11.9 Å². The summed E-state index contributed by atoms with van der Waals surface area (Å²) in [7, 11) is 3.42. The maximum atomic E-state index is 5.76. The molecule has 1 saturated heterocycles. The van der Waals surface area contributed by atoms with E-state index in [1.54, 1.807) is 20.4 Å². The second kappa shape index (κ2) is 4.89. The van der Waals surface area contributed by atoms with Crippen LogP contribution in [-0.2, 0) is 9.47 Å². The molecule has 1 aromatic rings. The first-order valence-corrected chi connectivity index (χ1v) is 5.68. The SMILES string of the molecule is COC1CN(c2cc(C)c(N)cn2)CC1OC. The van der Waals surface area contributed by atoms with E-state index in [0.717, 1.165) is 30.2 Å². The third kappa shape index (κ3) is 2.35. The first-order chi connectivity index (χ1) is 8.15. The molecule has 0 saturated carbocycles. The summed E-state index contributed by atoms with van der Waals surface area (Å²) in [5, 5.41) is 0. The molecular weight excluding hydrogens is 218 g/mol. The molecule has 1 aromatic heterocycles. The van der Waals surface area contributed by atoms with Crippen molar-refractivity contribution in [2.45, 2.75) is 19.1 Å². The molecule has 0 aromatic carbocycles. The standard InChI is InChI=1S/C12H19N3O2/c1-8-4-12(14-5-9(8)13)15-6-10(16-2)11(7-15)17-3/h4-5,10-11H,6-7,13H2,1-3H3. The van der Waals surface area contributed by atoms with Gasteiger partial charge < -0.3 is 20.1 Å². The molecular formula is C12H19N3O2. The Balaban J connectivity index is 2.16. The Morgan fingerprint density at radius 3 is 2.35 bits per heavy atom. The van der Waals surface area contributed by atoms with Crippen molar-refractivity contribution >= 4 is 11.5 Å². The Labute approximate surface area is 102 Å². The minimum atomic E-state index is 0.0969. The lowest BCUT2D eigenvalue weighted by Gasteiger charge is -2.17. The van der Waals surface area contributed by atoms with Crippen LogP contribution >= 0.6 is 0 Å². The van der Waals surface area contributed by atoms with Gasteiger partial charge in [0, 0.05) is 27.3 Å². The minimum absolute atomic E-state index is 0.0969. The number of ether oxygens (including phenoxy) is 2. The summed E-state index contributed by atoms with van der Waals surface area (Å²) in [6.07, 6.45) is 1.89. The Kier molecular flexibility index (Phi) is 3.49. The molecule has 0 radical (unpaired) electrons. The van der Waals surface area contributed by atoms with Crippen LogP contribution in [0.1, 0.15) is 5.56 Å². The van der Waals surface area contributed by atoms with E-state index in [1.807, 2.05) is 13.0 Å². The highest BCUT2D eigenvalue weighted by atomic mass is 16.5. The van der Waals surface area contributed by atoms with Gasteiger partial charge in [-0.1, -0.05) is 0 Å². The van der Waals surface area contributed by atoms with Gasteiger partial charge in [0.25, 0.3) is 0 Å². The second-order valence-electron chi connectivity index (χ2n) is 4.35. The predicted molar refractivity (Wildman–Crippen MR) is 67.2 cm³/mol. The fourth-order valence-corrected chi connectivity index (χ4v) is 2.11. The topological polar surface area (TPSA) is 60.6 Å². The maximum Gasteiger partial charge on any atom is 0.129 e. The van der Waals surface area contributed by atoms with E-state index in [-0.39, 0.29) is 12.2 Å². The molecule has 0 aliphatic carbocycles. The highest BCUT2D eigenvalue weighted by Crippen LogP contribution is 2.23. The predicted octanol–water partition coefficient (Wildman–Crippen LogP) is 0.822. The maximum absolute atomic E-state index is 5.76. The largest absolute Gasteiger partial charge is 0.397 e. The summed E-state index contributed by atoms with van der Waals surface area (Å²) in [6.45, 7) is 3.58. The number of aryl methyl sites for hydroxylation is 1. The van der Waals surface area contributed by atoms with Gasteiger partial charge in [-0.15, -0.1) is 0 Å². The zero-order valence-corrected chi connectivity index (χ0v) is 10.5. The van der Waals surface area contributed by atoms with E-state index in [9.17, 15) is 0 Å². The molecule has 5 nitrogen and oxygen atoms in total. The summed E-state index contributed by atoms with van der Waals surface area (Å²) in [6, 6.07) is 2.00. The smallest absolute Gasteiger partial charge is 0.129 e. The molecule has 2 heterocycles. The van der Waals surface area contributed by atoms with E-state index < -0.39 is 0 Å². The molecule has 17 heavy (non-hydrogen) atoms. The van der Waals surface area contributed by atoms with Crippen LogP contribution in [0, 0.1) is 6.92 Å². The van der Waals surface area contributed by atoms with Gasteiger partial charge in [-0.25, -0.2) is 4.98 Å². The number of nitrogens with zero attached hydrogens (tertiary/aromatic N) is 2. The molecule has 2 atom stereocenters. The third-order valence-electron chi connectivity index (χ3n) is 3.28. The zero-order valence-electron chi connectivity index (χ0n) is 10.5. The number of aromatic nitrogens is 1. The molecule has 0 bridgehead atoms. The highest BCUT2D eigenvalue weighted by molar-refractivity contribution is 5.52. The minimum Gasteiger partial charge on any atom is -0.397 e. The third-order valence-corrected chi connectivity index (χ3v) is 3.28. The Morgan fingerprint density at radius 1 is 1.29 bits per heavy atom. The van der Waals surface area contributed by atoms with Crippen molar-refractivity contribution in [1.82, 2.24) is 4.98 Å². The second-order valence-corrected chi connectivity index (χ2v) is 4.35. The number of pyridine rings is 1. The van der Waals surface area contributed by atoms with Crippen molar-refractivity contribution in [2.24, 2.45) is 0 Å². The molecule has 1 aliphatic rings. The van der Waals surface area contributed by atoms with Crippen LogP contribution in [0.5, 0.6) is 0 Å². The van der Waals surface area contributed by atoms with Crippen molar-refractivity contribution in [2.75, 3.05) is 37.9 Å². The van der Waals surface area contributed by atoms with E-state index in [2.05, 4.69) is 9.88 Å². The number of nitrogens with two attached hydrogens (primary N) is 1. The summed E-state index contributed by atoms with van der Waals surface area (Å²) in [4.78, 5) is 6.51. The normalized spacial score (nSPS) is 24.3. The van der Waals surface area contributed by atoms with Crippen LogP contribution in [-0.4, -0.2) is 44.5 Å². The van der Waals surface area contributed by atoms with E-state index in [4.69, 9.17) is 15.2 Å². The van der Waals surface area contributed by atoms with Crippen molar-refractivity contribution in [3.63, 3.8) is 0 Å². The van der Waals surface area contributed by atoms with Gasteiger partial charge in [0.2, 0.25) is 0 Å². The number of rotatable bonds is 3. The molecule has 2 unspecified atom stereocenters. The first-order valence-electron chi connectivity index (χ1n) is 5.68. The van der Waals surface area contributed by atoms with Crippen LogP contribution in [0.15, 0.2) is 12.3 Å². The summed E-state index contributed by atoms with van der Waals surface area (Å²) in [5.74, 6) is 0.929. The lowest BCUT2D eigenvalue weighted by atomic mass is 10.2. The molecule has 1 aliphatic heterocycles. The Morgan fingerprint density at radius 2 is 1.88 bits per heavy atom. The number of hydrogen-bond donors (Lipinski definition) is 1. The Hall–Kier alpha value is -1.33. The van der Waals surface area contributed by atoms with Crippen LogP contribution in [0.25, 0.3) is 0 Å². The zero-order chi connectivity index (χ0) is 12.4. The van der Waals surface area contributed by atoms with Crippen LogP contribution in [0.3, 0.4) is 0 Å². The molecule has 2 N–H and O–H groups in total. The van der Waals surface area contributed by atoms with Crippen LogP contribution in [0.2, 0.25) is 0 Å². The quantitative estimate of drug-likeness (QED) is 0.843. The lowest BCUT2D eigenvalue weighted by Crippen LogP contribution is -2.27. The monoisotopic (exact) mass is 237 g/mol. The fraction of sp³-hybridized carbons (Fsp3) is 0.583. The van der Waals surface area contributed by atoms with Crippen molar-refractivity contribution < 1.29 is 9.47 Å².